The summed E-state index contributed by atoms with van der Waals surface area (Å²) in [5.74, 6) is 0.767. The van der Waals surface area contributed by atoms with Crippen LogP contribution in [0, 0.1) is 0 Å². The van der Waals surface area contributed by atoms with Crippen molar-refractivity contribution >= 4 is 17.6 Å². The molecule has 1 aromatic carbocycles. The molecule has 0 saturated carbocycles. The van der Waals surface area contributed by atoms with Gasteiger partial charge in [-0.05, 0) is 44.4 Å². The van der Waals surface area contributed by atoms with Gasteiger partial charge >= 0.3 is 0 Å². The van der Waals surface area contributed by atoms with Crippen molar-refractivity contribution in [2.45, 2.75) is 45.1 Å². The van der Waals surface area contributed by atoms with Crippen molar-refractivity contribution in [1.29, 1.82) is 0 Å². The average molecular weight is 431 g/mol. The average Bonchev–Trinajstić information content (AvgIpc) is 2.79. The van der Waals surface area contributed by atoms with E-state index in [4.69, 9.17) is 0 Å². The van der Waals surface area contributed by atoms with Crippen LogP contribution in [-0.2, 0) is 4.79 Å². The highest BCUT2D eigenvalue weighted by Crippen LogP contribution is 2.12. The quantitative estimate of drug-likeness (QED) is 0.321. The number of aliphatic imine (C=N–C) groups is 1. The molecule has 1 fully saturated rings. The van der Waals surface area contributed by atoms with E-state index in [0.29, 0.717) is 6.04 Å². The highest BCUT2D eigenvalue weighted by molar-refractivity contribution is 5.84. The fraction of sp³-hybridized carbons (Fsp3) is 0.667. The normalized spacial score (nSPS) is 15.5. The Balaban J connectivity index is 1.81. The molecule has 174 valence electrons. The minimum absolute atomic E-state index is 0.0132. The lowest BCUT2D eigenvalue weighted by Gasteiger charge is -2.33. The van der Waals surface area contributed by atoms with Gasteiger partial charge in [0.2, 0.25) is 5.91 Å². The summed E-state index contributed by atoms with van der Waals surface area (Å²) >= 11 is 0. The number of unbranched alkanes of at least 4 members (excludes halogenated alkanes) is 1. The number of likely N-dealkylation sites (tertiary alicyclic amines) is 1. The molecule has 1 amide bonds. The summed E-state index contributed by atoms with van der Waals surface area (Å²) in [7, 11) is 5.65. The molecule has 2 rings (SSSR count). The van der Waals surface area contributed by atoms with Crippen LogP contribution in [0.15, 0.2) is 35.3 Å². The summed E-state index contributed by atoms with van der Waals surface area (Å²) in [5.41, 5.74) is 1.22. The van der Waals surface area contributed by atoms with E-state index < -0.39 is 0 Å². The van der Waals surface area contributed by atoms with Crippen LogP contribution in [0.25, 0.3) is 0 Å². The largest absolute Gasteiger partial charge is 0.375 e. The monoisotopic (exact) mass is 430 g/mol. The zero-order chi connectivity index (χ0) is 22.5. The third kappa shape index (κ3) is 9.59. The smallest absolute Gasteiger partial charge is 0.243 e. The van der Waals surface area contributed by atoms with Crippen molar-refractivity contribution < 1.29 is 4.79 Å². The second-order valence-corrected chi connectivity index (χ2v) is 8.60. The first-order valence-electron chi connectivity index (χ1n) is 11.7. The molecule has 1 aliphatic heterocycles. The van der Waals surface area contributed by atoms with Crippen molar-refractivity contribution in [3.8, 4) is 0 Å². The van der Waals surface area contributed by atoms with E-state index in [9.17, 15) is 4.79 Å². The summed E-state index contributed by atoms with van der Waals surface area (Å²) in [6, 6.07) is 10.8. The molecule has 1 heterocycles. The Morgan fingerprint density at radius 3 is 2.48 bits per heavy atom. The van der Waals surface area contributed by atoms with Gasteiger partial charge < -0.3 is 25.3 Å². The Morgan fingerprint density at radius 2 is 1.84 bits per heavy atom. The van der Waals surface area contributed by atoms with E-state index in [1.165, 1.54) is 25.1 Å². The highest BCUT2D eigenvalue weighted by atomic mass is 16.2. The predicted octanol–water partition coefficient (Wildman–Crippen LogP) is 2.40. The van der Waals surface area contributed by atoms with Gasteiger partial charge in [0.15, 0.2) is 5.96 Å². The number of nitrogens with zero attached hydrogens (tertiary/aromatic N) is 4. The molecule has 0 radical (unpaired) electrons. The molecule has 0 unspecified atom stereocenters. The van der Waals surface area contributed by atoms with Crippen LogP contribution in [0.2, 0.25) is 0 Å². The second-order valence-electron chi connectivity index (χ2n) is 8.60. The molecule has 0 spiro atoms. The van der Waals surface area contributed by atoms with Gasteiger partial charge in [-0.15, -0.1) is 0 Å². The Morgan fingerprint density at radius 1 is 1.13 bits per heavy atom. The first-order valence-corrected chi connectivity index (χ1v) is 11.7. The maximum Gasteiger partial charge on any atom is 0.243 e. The maximum absolute atomic E-state index is 12.0. The highest BCUT2D eigenvalue weighted by Gasteiger charge is 2.19. The van der Waals surface area contributed by atoms with Crippen LogP contribution in [-0.4, -0.2) is 88.1 Å². The Hall–Kier alpha value is -2.28. The van der Waals surface area contributed by atoms with Gasteiger partial charge in [-0.2, -0.15) is 0 Å². The van der Waals surface area contributed by atoms with Crippen LogP contribution in [0.1, 0.15) is 39.0 Å². The van der Waals surface area contributed by atoms with Crippen LogP contribution in [0.3, 0.4) is 0 Å². The van der Waals surface area contributed by atoms with Crippen molar-refractivity contribution in [2.24, 2.45) is 4.99 Å². The van der Waals surface area contributed by atoms with E-state index >= 15 is 0 Å². The summed E-state index contributed by atoms with van der Waals surface area (Å²) in [5, 5.41) is 7.02. The third-order valence-electron chi connectivity index (χ3n) is 5.79. The van der Waals surface area contributed by atoms with E-state index in [1.807, 2.05) is 6.07 Å². The van der Waals surface area contributed by atoms with Gasteiger partial charge in [0.1, 0.15) is 6.54 Å². The number of anilines is 1. The summed E-state index contributed by atoms with van der Waals surface area (Å²) in [4.78, 5) is 23.0. The minimum atomic E-state index is 0.0132. The number of nitrogens with one attached hydrogen (secondary N) is 2. The lowest BCUT2D eigenvalue weighted by molar-refractivity contribution is -0.127. The third-order valence-corrected chi connectivity index (χ3v) is 5.79. The Bertz CT molecular complexity index is 655. The van der Waals surface area contributed by atoms with Gasteiger partial charge in [0, 0.05) is 59.1 Å². The molecule has 1 aliphatic rings. The zero-order valence-corrected chi connectivity index (χ0v) is 19.9. The minimum Gasteiger partial charge on any atom is -0.375 e. The van der Waals surface area contributed by atoms with Gasteiger partial charge in [-0.1, -0.05) is 31.5 Å². The molecule has 2 N–H and O–H groups in total. The zero-order valence-electron chi connectivity index (χ0n) is 19.9. The lowest BCUT2D eigenvalue weighted by atomic mass is 10.0. The standard InChI is InChI=1S/C24H42N6O/c1-5-6-17-30-18-13-21(14-19-30)27-24(26-20-23(31)28(2)3)25-15-10-16-29(4)22-11-8-7-9-12-22/h7-9,11-12,21H,5-6,10,13-20H2,1-4H3,(H2,25,26,27). The number of rotatable bonds is 11. The van der Waals surface area contributed by atoms with Gasteiger partial charge in [-0.3, -0.25) is 4.79 Å². The molecule has 0 aromatic heterocycles. The molecule has 0 bridgehead atoms. The Kier molecular flexibility index (Phi) is 11.2. The molecular formula is C24H42N6O. The van der Waals surface area contributed by atoms with Crippen molar-refractivity contribution in [1.82, 2.24) is 20.4 Å². The molecule has 7 heteroatoms. The van der Waals surface area contributed by atoms with Gasteiger partial charge in [0.05, 0.1) is 0 Å². The summed E-state index contributed by atoms with van der Waals surface area (Å²) in [6.45, 7) is 7.64. The van der Waals surface area contributed by atoms with Crippen LogP contribution in [0.4, 0.5) is 5.69 Å². The lowest BCUT2D eigenvalue weighted by Crippen LogP contribution is -2.49. The number of benzene rings is 1. The number of hydrogen-bond acceptors (Lipinski definition) is 4. The number of likely N-dealkylation sites (N-methyl/N-ethyl adjacent to an activating group) is 1. The summed E-state index contributed by atoms with van der Waals surface area (Å²) in [6.07, 6.45) is 5.74. The number of carbonyl (C=O) groups excluding carboxylic acids is 1. The first kappa shape index (κ1) is 25.0. The number of hydrogen-bond donors (Lipinski definition) is 2. The van der Waals surface area contributed by atoms with E-state index in [-0.39, 0.29) is 12.5 Å². The molecule has 7 nitrogen and oxygen atoms in total. The number of guanidine groups is 1. The number of piperidine rings is 1. The molecular weight excluding hydrogens is 388 g/mol. The molecule has 31 heavy (non-hydrogen) atoms. The number of amides is 1. The van der Waals surface area contributed by atoms with Gasteiger partial charge in [0.25, 0.3) is 0 Å². The summed E-state index contributed by atoms with van der Waals surface area (Å²) < 4.78 is 0. The molecule has 1 aromatic rings. The fourth-order valence-electron chi connectivity index (χ4n) is 3.65. The van der Waals surface area contributed by atoms with E-state index in [1.54, 1.807) is 19.0 Å². The predicted molar refractivity (Wildman–Crippen MR) is 131 cm³/mol. The Labute approximate surface area is 188 Å². The topological polar surface area (TPSA) is 63.2 Å². The van der Waals surface area contributed by atoms with Crippen molar-refractivity contribution in [3.63, 3.8) is 0 Å². The molecule has 0 aliphatic carbocycles. The van der Waals surface area contributed by atoms with E-state index in [0.717, 1.165) is 51.4 Å². The van der Waals surface area contributed by atoms with Gasteiger partial charge in [-0.25, -0.2) is 4.99 Å². The first-order chi connectivity index (χ1) is 15.0. The van der Waals surface area contributed by atoms with Crippen LogP contribution < -0.4 is 15.5 Å². The van der Waals surface area contributed by atoms with Crippen molar-refractivity contribution in [3.05, 3.63) is 30.3 Å². The van der Waals surface area contributed by atoms with Crippen LogP contribution in [0.5, 0.6) is 0 Å². The number of para-hydroxylation sites is 1. The van der Waals surface area contributed by atoms with Crippen molar-refractivity contribution in [2.75, 3.05) is 65.3 Å². The van der Waals surface area contributed by atoms with E-state index in [2.05, 4.69) is 63.7 Å². The fourth-order valence-corrected chi connectivity index (χ4v) is 3.65. The molecule has 0 atom stereocenters. The maximum atomic E-state index is 12.0. The SMILES string of the molecule is CCCCN1CCC(NC(=NCC(=O)N(C)C)NCCCN(C)c2ccccc2)CC1. The molecule has 1 saturated heterocycles. The van der Waals surface area contributed by atoms with Crippen LogP contribution >= 0.6 is 0 Å². The number of carbonyl (C=O) groups is 1. The second kappa shape index (κ2) is 13.9.